The lowest BCUT2D eigenvalue weighted by molar-refractivity contribution is 0.573. The Kier molecular flexibility index (Phi) is 3.25. The minimum absolute atomic E-state index is 0.0901. The number of rotatable bonds is 3. The summed E-state index contributed by atoms with van der Waals surface area (Å²) in [6.45, 7) is 2.79. The molecular formula is C11H16N2O2S. The van der Waals surface area contributed by atoms with Crippen molar-refractivity contribution < 1.29 is 8.42 Å². The van der Waals surface area contributed by atoms with Crippen LogP contribution in [0, 0.1) is 6.92 Å². The summed E-state index contributed by atoms with van der Waals surface area (Å²) in [5.74, 6) is 0.156. The lowest BCUT2D eigenvalue weighted by atomic mass is 10.3. The van der Waals surface area contributed by atoms with Crippen LogP contribution in [0.1, 0.15) is 18.4 Å². The first-order chi connectivity index (χ1) is 7.58. The Morgan fingerprint density at radius 3 is 3.00 bits per heavy atom. The van der Waals surface area contributed by atoms with E-state index < -0.39 is 9.84 Å². The van der Waals surface area contributed by atoms with E-state index in [0.717, 1.165) is 24.9 Å². The number of sulfone groups is 1. The highest BCUT2D eigenvalue weighted by Gasteiger charge is 2.24. The normalized spacial score (nSPS) is 21.2. The second-order valence-electron chi connectivity index (χ2n) is 4.25. The predicted molar refractivity (Wildman–Crippen MR) is 62.1 cm³/mol. The van der Waals surface area contributed by atoms with E-state index in [2.05, 4.69) is 10.3 Å². The molecule has 0 saturated carbocycles. The fourth-order valence-corrected chi connectivity index (χ4v) is 3.50. The number of hydrogen-bond donors (Lipinski definition) is 1. The number of aromatic nitrogens is 1. The zero-order chi connectivity index (χ0) is 11.6. The van der Waals surface area contributed by atoms with Gasteiger partial charge in [-0.1, -0.05) is 0 Å². The van der Waals surface area contributed by atoms with Gasteiger partial charge < -0.3 is 5.32 Å². The Bertz CT molecular complexity index is 465. The van der Waals surface area contributed by atoms with E-state index in [1.54, 1.807) is 18.3 Å². The van der Waals surface area contributed by atoms with Crippen LogP contribution >= 0.6 is 0 Å². The predicted octanol–water partition coefficient (Wildman–Crippen LogP) is 0.916. The van der Waals surface area contributed by atoms with Crippen molar-refractivity contribution in [2.24, 2.45) is 0 Å². The van der Waals surface area contributed by atoms with Gasteiger partial charge in [0.1, 0.15) is 0 Å². The van der Waals surface area contributed by atoms with E-state index >= 15 is 0 Å². The smallest absolute Gasteiger partial charge is 0.197 e. The summed E-state index contributed by atoms with van der Waals surface area (Å²) in [4.78, 5) is 3.94. The minimum Gasteiger partial charge on any atom is -0.313 e. The first-order valence-corrected chi connectivity index (χ1v) is 7.12. The van der Waals surface area contributed by atoms with Gasteiger partial charge in [-0.3, -0.25) is 0 Å². The molecule has 1 saturated heterocycles. The SMILES string of the molecule is Cc1ccnc(S(=O)(=O)CC2CCCN2)c1. The molecule has 1 fully saturated rings. The van der Waals surface area contributed by atoms with Crippen LogP contribution in [0.25, 0.3) is 0 Å². The van der Waals surface area contributed by atoms with E-state index in [0.29, 0.717) is 0 Å². The van der Waals surface area contributed by atoms with Crippen molar-refractivity contribution in [3.05, 3.63) is 23.9 Å². The maximum absolute atomic E-state index is 12.0. The highest BCUT2D eigenvalue weighted by molar-refractivity contribution is 7.91. The Hall–Kier alpha value is -0.940. The maximum atomic E-state index is 12.0. The second kappa shape index (κ2) is 4.51. The molecular weight excluding hydrogens is 224 g/mol. The van der Waals surface area contributed by atoms with Crippen LogP contribution in [0.4, 0.5) is 0 Å². The van der Waals surface area contributed by atoms with Crippen molar-refractivity contribution in [2.75, 3.05) is 12.3 Å². The van der Waals surface area contributed by atoms with Crippen LogP contribution in [-0.4, -0.2) is 31.7 Å². The molecule has 2 rings (SSSR count). The van der Waals surface area contributed by atoms with Gasteiger partial charge in [-0.05, 0) is 44.0 Å². The van der Waals surface area contributed by atoms with Gasteiger partial charge in [0, 0.05) is 12.2 Å². The number of aryl methyl sites for hydroxylation is 1. The average Bonchev–Trinajstić information content (AvgIpc) is 2.70. The molecule has 0 amide bonds. The van der Waals surface area contributed by atoms with Crippen molar-refractivity contribution in [1.82, 2.24) is 10.3 Å². The summed E-state index contributed by atoms with van der Waals surface area (Å²) < 4.78 is 24.1. The van der Waals surface area contributed by atoms with Gasteiger partial charge >= 0.3 is 0 Å². The molecule has 4 nitrogen and oxygen atoms in total. The monoisotopic (exact) mass is 240 g/mol. The fraction of sp³-hybridized carbons (Fsp3) is 0.545. The number of pyridine rings is 1. The van der Waals surface area contributed by atoms with Crippen molar-refractivity contribution in [3.8, 4) is 0 Å². The molecule has 0 aliphatic carbocycles. The van der Waals surface area contributed by atoms with Crippen molar-refractivity contribution in [2.45, 2.75) is 30.8 Å². The minimum atomic E-state index is -3.24. The molecule has 1 atom stereocenters. The highest BCUT2D eigenvalue weighted by atomic mass is 32.2. The molecule has 0 spiro atoms. The number of nitrogens with one attached hydrogen (secondary N) is 1. The van der Waals surface area contributed by atoms with Gasteiger partial charge in [0.15, 0.2) is 14.9 Å². The first kappa shape index (κ1) is 11.5. The molecule has 1 aliphatic rings. The second-order valence-corrected chi connectivity index (χ2v) is 6.23. The van der Waals surface area contributed by atoms with Crippen LogP contribution < -0.4 is 5.32 Å². The third-order valence-corrected chi connectivity index (χ3v) is 4.49. The van der Waals surface area contributed by atoms with Gasteiger partial charge in [-0.15, -0.1) is 0 Å². The molecule has 88 valence electrons. The van der Waals surface area contributed by atoms with E-state index in [4.69, 9.17) is 0 Å². The van der Waals surface area contributed by atoms with Crippen molar-refractivity contribution in [1.29, 1.82) is 0 Å². The van der Waals surface area contributed by atoms with Gasteiger partial charge in [0.2, 0.25) is 0 Å². The highest BCUT2D eigenvalue weighted by Crippen LogP contribution is 2.14. The third kappa shape index (κ3) is 2.59. The van der Waals surface area contributed by atoms with Crippen LogP contribution in [0.2, 0.25) is 0 Å². The molecule has 1 N–H and O–H groups in total. The summed E-state index contributed by atoms with van der Waals surface area (Å²) >= 11 is 0. The zero-order valence-electron chi connectivity index (χ0n) is 9.31. The first-order valence-electron chi connectivity index (χ1n) is 5.47. The third-order valence-electron chi connectivity index (χ3n) is 2.79. The lowest BCUT2D eigenvalue weighted by Gasteiger charge is -2.10. The largest absolute Gasteiger partial charge is 0.313 e. The molecule has 0 bridgehead atoms. The molecule has 16 heavy (non-hydrogen) atoms. The quantitative estimate of drug-likeness (QED) is 0.853. The van der Waals surface area contributed by atoms with E-state index in [1.165, 1.54) is 0 Å². The molecule has 0 radical (unpaired) electrons. The molecule has 0 aromatic carbocycles. The fourth-order valence-electron chi connectivity index (χ4n) is 1.93. The van der Waals surface area contributed by atoms with E-state index in [1.807, 2.05) is 6.92 Å². The van der Waals surface area contributed by atoms with Gasteiger partial charge in [-0.2, -0.15) is 0 Å². The van der Waals surface area contributed by atoms with Gasteiger partial charge in [0.05, 0.1) is 5.75 Å². The molecule has 1 aromatic heterocycles. The van der Waals surface area contributed by atoms with Crippen LogP contribution in [0.15, 0.2) is 23.4 Å². The standard InChI is InChI=1S/C11H16N2O2S/c1-9-4-6-13-11(7-9)16(14,15)8-10-3-2-5-12-10/h4,6-7,10,12H,2-3,5,8H2,1H3. The molecule has 2 heterocycles. The molecule has 1 aliphatic heterocycles. The molecule has 1 aromatic rings. The van der Waals surface area contributed by atoms with Gasteiger partial charge in [0.25, 0.3) is 0 Å². The molecule has 1 unspecified atom stereocenters. The maximum Gasteiger partial charge on any atom is 0.197 e. The van der Waals surface area contributed by atoms with Crippen molar-refractivity contribution in [3.63, 3.8) is 0 Å². The van der Waals surface area contributed by atoms with Crippen LogP contribution in [-0.2, 0) is 9.84 Å². The van der Waals surface area contributed by atoms with Crippen LogP contribution in [0.5, 0.6) is 0 Å². The average molecular weight is 240 g/mol. The van der Waals surface area contributed by atoms with Crippen molar-refractivity contribution >= 4 is 9.84 Å². The topological polar surface area (TPSA) is 59.1 Å². The lowest BCUT2D eigenvalue weighted by Crippen LogP contribution is -2.30. The summed E-state index contributed by atoms with van der Waals surface area (Å²) in [5.41, 5.74) is 0.924. The Morgan fingerprint density at radius 2 is 2.38 bits per heavy atom. The summed E-state index contributed by atoms with van der Waals surface area (Å²) in [5, 5.41) is 3.39. The van der Waals surface area contributed by atoms with E-state index in [9.17, 15) is 8.42 Å². The summed E-state index contributed by atoms with van der Waals surface area (Å²) in [6, 6.07) is 3.52. The Morgan fingerprint density at radius 1 is 1.56 bits per heavy atom. The zero-order valence-corrected chi connectivity index (χ0v) is 10.1. The van der Waals surface area contributed by atoms with Crippen LogP contribution in [0.3, 0.4) is 0 Å². The Labute approximate surface area is 96.0 Å². The molecule has 5 heteroatoms. The Balaban J connectivity index is 2.18. The van der Waals surface area contributed by atoms with E-state index in [-0.39, 0.29) is 16.8 Å². The number of nitrogens with zero attached hydrogens (tertiary/aromatic N) is 1. The summed E-state index contributed by atoms with van der Waals surface area (Å²) in [7, 11) is -3.24. The number of hydrogen-bond acceptors (Lipinski definition) is 4. The van der Waals surface area contributed by atoms with Gasteiger partial charge in [-0.25, -0.2) is 13.4 Å². The summed E-state index contributed by atoms with van der Waals surface area (Å²) in [6.07, 6.45) is 3.54.